The summed E-state index contributed by atoms with van der Waals surface area (Å²) in [4.78, 5) is 27.7. The zero-order chi connectivity index (χ0) is 16.7. The van der Waals surface area contributed by atoms with Crippen LogP contribution < -0.4 is 14.8 Å². The van der Waals surface area contributed by atoms with Crippen molar-refractivity contribution in [3.63, 3.8) is 0 Å². The van der Waals surface area contributed by atoms with E-state index in [1.165, 1.54) is 0 Å². The molecule has 0 radical (unpaired) electrons. The highest BCUT2D eigenvalue weighted by Crippen LogP contribution is 2.34. The van der Waals surface area contributed by atoms with Gasteiger partial charge in [-0.2, -0.15) is 0 Å². The van der Waals surface area contributed by atoms with Gasteiger partial charge < -0.3 is 29.3 Å². The zero-order valence-electron chi connectivity index (χ0n) is 13.4. The van der Waals surface area contributed by atoms with Gasteiger partial charge in [0.2, 0.25) is 12.7 Å². The molecule has 0 saturated carbocycles. The Kier molecular flexibility index (Phi) is 3.68. The number of fused-ring (bicyclic) bond motifs is 2. The lowest BCUT2D eigenvalue weighted by Gasteiger charge is -2.35. The van der Waals surface area contributed by atoms with Crippen molar-refractivity contribution < 1.29 is 23.8 Å². The Morgan fingerprint density at radius 1 is 1.21 bits per heavy atom. The van der Waals surface area contributed by atoms with Crippen LogP contribution >= 0.6 is 0 Å². The molecule has 128 valence electrons. The maximum atomic E-state index is 12.5. The van der Waals surface area contributed by atoms with Crippen LogP contribution in [0, 0.1) is 0 Å². The lowest BCUT2D eigenvalue weighted by Crippen LogP contribution is -2.52. The number of hydrogen-bond donors (Lipinski definition) is 1. The van der Waals surface area contributed by atoms with E-state index < -0.39 is 0 Å². The third-order valence-electron chi connectivity index (χ3n) is 4.62. The van der Waals surface area contributed by atoms with Crippen LogP contribution in [0.5, 0.6) is 11.5 Å². The molecule has 0 aliphatic carbocycles. The second-order valence-corrected chi connectivity index (χ2v) is 6.09. The number of carbonyl (C=O) groups is 2. The van der Waals surface area contributed by atoms with Crippen LogP contribution in [0.3, 0.4) is 0 Å². The first-order valence-corrected chi connectivity index (χ1v) is 7.96. The number of carbonyl (C=O) groups excluding carboxylic acids is 2. The number of benzene rings is 1. The number of morpholine rings is 1. The monoisotopic (exact) mass is 333 g/mol. The summed E-state index contributed by atoms with van der Waals surface area (Å²) in [5, 5.41) is 2.86. The van der Waals surface area contributed by atoms with Crippen molar-refractivity contribution >= 4 is 17.6 Å². The van der Waals surface area contributed by atoms with Crippen molar-refractivity contribution in [1.29, 1.82) is 0 Å². The molecule has 0 bridgehead atoms. The zero-order valence-corrected chi connectivity index (χ0v) is 13.4. The summed E-state index contributed by atoms with van der Waals surface area (Å²) in [6, 6.07) is 4.99. The van der Waals surface area contributed by atoms with Crippen molar-refractivity contribution in [2.75, 3.05) is 38.4 Å². The summed E-state index contributed by atoms with van der Waals surface area (Å²) in [5.74, 6) is 1.31. The van der Waals surface area contributed by atoms with Gasteiger partial charge in [0.15, 0.2) is 11.5 Å². The van der Waals surface area contributed by atoms with Gasteiger partial charge in [-0.25, -0.2) is 4.79 Å². The van der Waals surface area contributed by atoms with Crippen LogP contribution in [0.25, 0.3) is 0 Å². The number of rotatable bonds is 1. The maximum Gasteiger partial charge on any atom is 0.322 e. The summed E-state index contributed by atoms with van der Waals surface area (Å²) < 4.78 is 16.3. The Bertz CT molecular complexity index is 680. The Hall–Kier alpha value is -2.48. The minimum Gasteiger partial charge on any atom is -0.454 e. The van der Waals surface area contributed by atoms with Gasteiger partial charge in [-0.05, 0) is 12.1 Å². The number of hydrogen-bond acceptors (Lipinski definition) is 5. The normalized spacial score (nSPS) is 24.7. The van der Waals surface area contributed by atoms with E-state index in [4.69, 9.17) is 14.2 Å². The number of amides is 3. The van der Waals surface area contributed by atoms with Gasteiger partial charge >= 0.3 is 6.03 Å². The standard InChI is InChI=1S/C16H19N3O5/c1-10(20)19-4-5-22-15-8-18(7-12(15)19)16(21)17-11-2-3-13-14(6-11)24-9-23-13/h2-3,6,12,15H,4-5,7-9H2,1H3,(H,17,21). The quantitative estimate of drug-likeness (QED) is 0.825. The first kappa shape index (κ1) is 15.1. The number of nitrogens with one attached hydrogen (secondary N) is 1. The molecule has 1 aromatic carbocycles. The van der Waals surface area contributed by atoms with Crippen LogP contribution in [0.15, 0.2) is 18.2 Å². The highest BCUT2D eigenvalue weighted by molar-refractivity contribution is 5.90. The largest absolute Gasteiger partial charge is 0.454 e. The fourth-order valence-electron chi connectivity index (χ4n) is 3.42. The van der Waals surface area contributed by atoms with E-state index >= 15 is 0 Å². The molecule has 8 nitrogen and oxygen atoms in total. The van der Waals surface area contributed by atoms with Crippen LogP contribution in [0.2, 0.25) is 0 Å². The predicted octanol–water partition coefficient (Wildman–Crippen LogP) is 0.879. The number of nitrogens with zero attached hydrogens (tertiary/aromatic N) is 2. The van der Waals surface area contributed by atoms with Crippen molar-refractivity contribution in [2.45, 2.75) is 19.1 Å². The molecule has 2 unspecified atom stereocenters. The van der Waals surface area contributed by atoms with E-state index in [1.807, 2.05) is 0 Å². The molecule has 4 rings (SSSR count). The van der Waals surface area contributed by atoms with Gasteiger partial charge in [-0.3, -0.25) is 4.79 Å². The van der Waals surface area contributed by atoms with Crippen molar-refractivity contribution in [2.24, 2.45) is 0 Å². The molecule has 3 amide bonds. The second-order valence-electron chi connectivity index (χ2n) is 6.09. The fraction of sp³-hybridized carbons (Fsp3) is 0.500. The number of ether oxygens (including phenoxy) is 3. The lowest BCUT2D eigenvalue weighted by atomic mass is 10.1. The van der Waals surface area contributed by atoms with Crippen molar-refractivity contribution in [3.8, 4) is 11.5 Å². The molecular weight excluding hydrogens is 314 g/mol. The van der Waals surface area contributed by atoms with E-state index in [-0.39, 0.29) is 30.9 Å². The third kappa shape index (κ3) is 2.62. The molecule has 0 spiro atoms. The lowest BCUT2D eigenvalue weighted by molar-refractivity contribution is -0.140. The van der Waals surface area contributed by atoms with Gasteiger partial charge in [0.1, 0.15) is 0 Å². The van der Waals surface area contributed by atoms with Gasteiger partial charge in [0.05, 0.1) is 25.3 Å². The molecule has 1 N–H and O–H groups in total. The first-order valence-electron chi connectivity index (χ1n) is 7.96. The van der Waals surface area contributed by atoms with Crippen molar-refractivity contribution in [3.05, 3.63) is 18.2 Å². The van der Waals surface area contributed by atoms with Gasteiger partial charge in [0.25, 0.3) is 0 Å². The van der Waals surface area contributed by atoms with Crippen molar-refractivity contribution in [1.82, 2.24) is 9.80 Å². The molecule has 3 aliphatic heterocycles. The smallest absolute Gasteiger partial charge is 0.322 e. The maximum absolute atomic E-state index is 12.5. The molecule has 24 heavy (non-hydrogen) atoms. The summed E-state index contributed by atoms with van der Waals surface area (Å²) in [6.45, 7) is 3.79. The highest BCUT2D eigenvalue weighted by atomic mass is 16.7. The minimum absolute atomic E-state index is 0.0197. The average Bonchev–Trinajstić information content (AvgIpc) is 3.20. The average molecular weight is 333 g/mol. The van der Waals surface area contributed by atoms with Gasteiger partial charge in [-0.15, -0.1) is 0 Å². The van der Waals surface area contributed by atoms with Crippen LogP contribution in [-0.4, -0.2) is 66.9 Å². The van der Waals surface area contributed by atoms with E-state index in [9.17, 15) is 9.59 Å². The predicted molar refractivity (Wildman–Crippen MR) is 84.1 cm³/mol. The number of likely N-dealkylation sites (tertiary alicyclic amines) is 1. The molecule has 3 heterocycles. The summed E-state index contributed by atoms with van der Waals surface area (Å²) in [5.41, 5.74) is 0.642. The Morgan fingerprint density at radius 3 is 2.88 bits per heavy atom. The second kappa shape index (κ2) is 5.86. The van der Waals surface area contributed by atoms with Gasteiger partial charge in [-0.1, -0.05) is 0 Å². The molecule has 1 aromatic rings. The first-order chi connectivity index (χ1) is 11.6. The fourth-order valence-corrected chi connectivity index (χ4v) is 3.42. The Balaban J connectivity index is 1.43. The summed E-state index contributed by atoms with van der Waals surface area (Å²) in [7, 11) is 0. The molecule has 2 fully saturated rings. The van der Waals surface area contributed by atoms with Crippen LogP contribution in [0.1, 0.15) is 6.92 Å². The Morgan fingerprint density at radius 2 is 2.04 bits per heavy atom. The SMILES string of the molecule is CC(=O)N1CCOC2CN(C(=O)Nc3ccc4c(c3)OCO4)CC21. The summed E-state index contributed by atoms with van der Waals surface area (Å²) >= 11 is 0. The molecule has 3 aliphatic rings. The molecule has 2 saturated heterocycles. The Labute approximate surface area is 139 Å². The highest BCUT2D eigenvalue weighted by Gasteiger charge is 2.42. The van der Waals surface area contributed by atoms with E-state index in [0.29, 0.717) is 43.4 Å². The molecule has 0 aromatic heterocycles. The number of urea groups is 1. The third-order valence-corrected chi connectivity index (χ3v) is 4.62. The summed E-state index contributed by atoms with van der Waals surface area (Å²) in [6.07, 6.45) is -0.120. The molecule has 2 atom stereocenters. The molecular formula is C16H19N3O5. The minimum atomic E-state index is -0.213. The topological polar surface area (TPSA) is 80.3 Å². The van der Waals surface area contributed by atoms with Crippen LogP contribution in [0.4, 0.5) is 10.5 Å². The van der Waals surface area contributed by atoms with Crippen LogP contribution in [-0.2, 0) is 9.53 Å². The number of anilines is 1. The van der Waals surface area contributed by atoms with E-state index in [0.717, 1.165) is 0 Å². The van der Waals surface area contributed by atoms with E-state index in [2.05, 4.69) is 5.32 Å². The van der Waals surface area contributed by atoms with Gasteiger partial charge in [0, 0.05) is 31.8 Å². The van der Waals surface area contributed by atoms with E-state index in [1.54, 1.807) is 34.9 Å². The molecule has 8 heteroatoms.